The van der Waals surface area contributed by atoms with Crippen LogP contribution in [0.3, 0.4) is 0 Å². The van der Waals surface area contributed by atoms with Gasteiger partial charge in [0.15, 0.2) is 24.6 Å². The number of ether oxygens (including phenoxy) is 11. The fourth-order valence-corrected chi connectivity index (χ4v) is 7.78. The van der Waals surface area contributed by atoms with Crippen molar-refractivity contribution in [3.63, 3.8) is 0 Å². The van der Waals surface area contributed by atoms with Crippen LogP contribution in [0.15, 0.2) is 91.0 Å². The predicted octanol–water partition coefficient (Wildman–Crippen LogP) is 3.39. The molecular weight excluding hydrogens is 838 g/mol. The quantitative estimate of drug-likeness (QED) is 0.143. The normalized spacial score (nSPS) is 27.2. The van der Waals surface area contributed by atoms with Crippen LogP contribution in [0.5, 0.6) is 0 Å². The summed E-state index contributed by atoms with van der Waals surface area (Å²) in [7, 11) is 0. The second kappa shape index (κ2) is 22.2. The lowest BCUT2D eigenvalue weighted by Gasteiger charge is -2.55. The Morgan fingerprint density at radius 3 is 1.83 bits per heavy atom. The largest absolute Gasteiger partial charge is 0.462 e. The van der Waals surface area contributed by atoms with Gasteiger partial charge in [0.1, 0.15) is 37.1 Å². The monoisotopic (exact) mass is 891 g/mol. The highest BCUT2D eigenvalue weighted by atomic mass is 16.8. The minimum absolute atomic E-state index is 0.0294. The topological polar surface area (TPSA) is 216 Å². The molecule has 0 radical (unpaired) electrons. The van der Waals surface area contributed by atoms with Gasteiger partial charge in [-0.1, -0.05) is 91.0 Å². The maximum absolute atomic E-state index is 14.7. The fourth-order valence-electron chi connectivity index (χ4n) is 7.78. The first-order valence-corrected chi connectivity index (χ1v) is 20.8. The molecule has 3 saturated heterocycles. The fraction of sp³-hybridized carbons (Fsp3) is 0.478. The van der Waals surface area contributed by atoms with E-state index in [-0.39, 0.29) is 26.4 Å². The van der Waals surface area contributed by atoms with Gasteiger partial charge in [-0.05, 0) is 16.7 Å². The molecule has 3 aliphatic rings. The maximum atomic E-state index is 14.7. The van der Waals surface area contributed by atoms with Crippen molar-refractivity contribution < 1.29 is 80.9 Å². The SMILES string of the molecule is CC(=O)N[C@H]1[C@H]([C@H](OC(C)=O)[C@@H](COC(C)=O)OC(C)=O)O[C@@]2(C[C@@H]1OC(C)=O)O[C@H]1[C@@H](OC2=O)[C@@H](COCc2ccccc2)O[C@@H](OCc2ccccc2)[C@@H]1OCc1ccccc1. The highest BCUT2D eigenvalue weighted by Gasteiger charge is 2.66. The molecule has 64 heavy (non-hydrogen) atoms. The van der Waals surface area contributed by atoms with Gasteiger partial charge in [0.25, 0.3) is 5.79 Å². The number of amides is 1. The van der Waals surface area contributed by atoms with Crippen molar-refractivity contribution in [3.8, 4) is 0 Å². The van der Waals surface area contributed by atoms with E-state index < -0.39 is 116 Å². The molecule has 0 bridgehead atoms. The van der Waals surface area contributed by atoms with Crippen LogP contribution in [0.4, 0.5) is 0 Å². The lowest BCUT2D eigenvalue weighted by atomic mass is 9.86. The van der Waals surface area contributed by atoms with Crippen LogP contribution in [-0.4, -0.2) is 116 Å². The van der Waals surface area contributed by atoms with Gasteiger partial charge in [-0.25, -0.2) is 4.79 Å². The summed E-state index contributed by atoms with van der Waals surface area (Å²) in [5.74, 6) is -7.61. The third-order valence-electron chi connectivity index (χ3n) is 10.4. The van der Waals surface area contributed by atoms with Crippen molar-refractivity contribution >= 4 is 35.8 Å². The molecule has 6 rings (SSSR count). The molecule has 1 N–H and O–H groups in total. The number of carbonyl (C=O) groups is 6. The minimum atomic E-state index is -2.49. The first-order chi connectivity index (χ1) is 30.7. The second-order valence-corrected chi connectivity index (χ2v) is 15.5. The van der Waals surface area contributed by atoms with Crippen LogP contribution in [0.1, 0.15) is 57.7 Å². The number of fused-ring (bicyclic) bond motifs is 1. The molecule has 3 aliphatic heterocycles. The molecule has 3 fully saturated rings. The summed E-state index contributed by atoms with van der Waals surface area (Å²) in [5, 5.41) is 2.67. The van der Waals surface area contributed by atoms with Gasteiger partial charge < -0.3 is 57.4 Å². The van der Waals surface area contributed by atoms with Crippen LogP contribution < -0.4 is 5.32 Å². The lowest BCUT2D eigenvalue weighted by Crippen LogP contribution is -2.74. The van der Waals surface area contributed by atoms with Crippen molar-refractivity contribution in [1.82, 2.24) is 5.32 Å². The number of esters is 5. The van der Waals surface area contributed by atoms with E-state index in [1.807, 2.05) is 91.0 Å². The van der Waals surface area contributed by atoms with Crippen molar-refractivity contribution in [2.24, 2.45) is 0 Å². The molecule has 1 spiro atoms. The molecule has 3 heterocycles. The maximum Gasteiger partial charge on any atom is 0.367 e. The van der Waals surface area contributed by atoms with Gasteiger partial charge in [-0.3, -0.25) is 24.0 Å². The molecule has 3 aromatic carbocycles. The Balaban J connectivity index is 1.43. The Hall–Kier alpha value is -5.76. The Bertz CT molecular complexity index is 2050. The summed E-state index contributed by atoms with van der Waals surface area (Å²) in [5.41, 5.74) is 2.48. The highest BCUT2D eigenvalue weighted by molar-refractivity contribution is 5.80. The van der Waals surface area contributed by atoms with E-state index in [2.05, 4.69) is 5.32 Å². The third-order valence-corrected chi connectivity index (χ3v) is 10.4. The third kappa shape index (κ3) is 12.7. The predicted molar refractivity (Wildman–Crippen MR) is 219 cm³/mol. The van der Waals surface area contributed by atoms with Crippen LogP contribution >= 0.6 is 0 Å². The van der Waals surface area contributed by atoms with Crippen LogP contribution in [-0.2, 0) is 101 Å². The standard InChI is InChI=1S/C46H53NO17/c1-27(48)47-38-35(58-29(3)50)21-46(63-41(38)39(60-31(5)52)37(59-30(4)51)26-55-28(2)49)45(53)62-40-36(25-54-22-32-15-9-6-10-16-32)61-44(57-24-34-19-13-8-14-20-34)43(42(40)64-46)56-23-33-17-11-7-12-18-33/h6-20,35-44H,21-26H2,1-5H3,(H,47,48)/t35-,36+,37+,38+,39+,40-,41+,42-,43+,44+,46-/m0/s1. The minimum Gasteiger partial charge on any atom is -0.462 e. The van der Waals surface area contributed by atoms with Crippen LogP contribution in [0.25, 0.3) is 0 Å². The Kier molecular flexibility index (Phi) is 16.6. The smallest absolute Gasteiger partial charge is 0.367 e. The Morgan fingerprint density at radius 2 is 1.28 bits per heavy atom. The zero-order valence-electron chi connectivity index (χ0n) is 36.1. The van der Waals surface area contributed by atoms with Gasteiger partial charge in [-0.2, -0.15) is 0 Å². The van der Waals surface area contributed by atoms with Gasteiger partial charge in [0.05, 0.1) is 38.9 Å². The molecule has 3 aromatic rings. The molecule has 11 atom stereocenters. The molecule has 18 nitrogen and oxygen atoms in total. The first kappa shape index (κ1) is 47.7. The van der Waals surface area contributed by atoms with Crippen LogP contribution in [0, 0.1) is 0 Å². The van der Waals surface area contributed by atoms with E-state index in [0.29, 0.717) is 0 Å². The molecule has 0 aliphatic carbocycles. The summed E-state index contributed by atoms with van der Waals surface area (Å²) in [4.78, 5) is 77.6. The summed E-state index contributed by atoms with van der Waals surface area (Å²) < 4.78 is 67.6. The zero-order valence-corrected chi connectivity index (χ0v) is 36.1. The summed E-state index contributed by atoms with van der Waals surface area (Å²) >= 11 is 0. The van der Waals surface area contributed by atoms with E-state index in [1.54, 1.807) is 0 Å². The van der Waals surface area contributed by atoms with Gasteiger partial charge in [-0.15, -0.1) is 0 Å². The van der Waals surface area contributed by atoms with Gasteiger partial charge >= 0.3 is 29.8 Å². The molecule has 0 aromatic heterocycles. The van der Waals surface area contributed by atoms with Gasteiger partial charge in [0, 0.05) is 34.6 Å². The van der Waals surface area contributed by atoms with Crippen molar-refractivity contribution in [1.29, 1.82) is 0 Å². The van der Waals surface area contributed by atoms with E-state index in [1.165, 1.54) is 6.92 Å². The second-order valence-electron chi connectivity index (χ2n) is 15.5. The summed E-state index contributed by atoms with van der Waals surface area (Å²) in [6.07, 6.45) is -12.8. The Labute approximate surface area is 370 Å². The van der Waals surface area contributed by atoms with Crippen LogP contribution in [0.2, 0.25) is 0 Å². The molecular formula is C46H53NO17. The molecule has 1 amide bonds. The number of hydrogen-bond donors (Lipinski definition) is 1. The summed E-state index contributed by atoms with van der Waals surface area (Å²) in [6.45, 7) is 5.07. The number of carbonyl (C=O) groups excluding carboxylic acids is 6. The number of nitrogens with one attached hydrogen (secondary N) is 1. The molecule has 0 saturated carbocycles. The van der Waals surface area contributed by atoms with E-state index in [0.717, 1.165) is 44.4 Å². The van der Waals surface area contributed by atoms with Crippen molar-refractivity contribution in [3.05, 3.63) is 108 Å². The van der Waals surface area contributed by atoms with E-state index in [9.17, 15) is 28.8 Å². The van der Waals surface area contributed by atoms with Crippen molar-refractivity contribution in [2.45, 2.75) is 128 Å². The molecule has 0 unspecified atom stereocenters. The number of benzene rings is 3. The first-order valence-electron chi connectivity index (χ1n) is 20.8. The molecule has 18 heteroatoms. The molecule has 344 valence electrons. The number of hydrogen-bond acceptors (Lipinski definition) is 17. The summed E-state index contributed by atoms with van der Waals surface area (Å²) in [6, 6.07) is 26.6. The van der Waals surface area contributed by atoms with Gasteiger partial charge in [0.2, 0.25) is 5.91 Å². The van der Waals surface area contributed by atoms with E-state index in [4.69, 9.17) is 52.1 Å². The van der Waals surface area contributed by atoms with Crippen molar-refractivity contribution in [2.75, 3.05) is 13.2 Å². The van der Waals surface area contributed by atoms with E-state index >= 15 is 0 Å². The average Bonchev–Trinajstić information content (AvgIpc) is 3.25. The average molecular weight is 892 g/mol. The highest BCUT2D eigenvalue weighted by Crippen LogP contribution is 2.44. The zero-order chi connectivity index (χ0) is 45.8. The number of rotatable bonds is 18. The lowest BCUT2D eigenvalue weighted by molar-refractivity contribution is -0.400. The Morgan fingerprint density at radius 1 is 0.703 bits per heavy atom.